The number of rotatable bonds is 9. The zero-order valence-corrected chi connectivity index (χ0v) is 18.0. The van der Waals surface area contributed by atoms with Crippen molar-refractivity contribution in [3.8, 4) is 28.7 Å². The van der Waals surface area contributed by atoms with E-state index in [0.29, 0.717) is 5.75 Å². The first-order chi connectivity index (χ1) is 12.6. The van der Waals surface area contributed by atoms with Gasteiger partial charge in [0.15, 0.2) is 11.5 Å². The number of ether oxygens (including phenoxy) is 5. The van der Waals surface area contributed by atoms with Crippen LogP contribution in [0, 0.1) is 0 Å². The average molecular weight is 472 g/mol. The second-order valence-electron chi connectivity index (χ2n) is 5.68. The van der Waals surface area contributed by atoms with E-state index in [1.165, 1.54) is 5.56 Å². The van der Waals surface area contributed by atoms with Gasteiger partial charge in [-0.1, -0.05) is 28.7 Å². The van der Waals surface area contributed by atoms with Gasteiger partial charge in [0, 0.05) is 22.1 Å². The molecule has 5 nitrogen and oxygen atoms in total. The molecule has 0 spiro atoms. The van der Waals surface area contributed by atoms with Gasteiger partial charge in [0.05, 0.1) is 35.5 Å². The van der Waals surface area contributed by atoms with Gasteiger partial charge in [0.2, 0.25) is 0 Å². The Morgan fingerprint density at radius 1 is 0.731 bits per heavy atom. The monoisotopic (exact) mass is 472 g/mol. The highest BCUT2D eigenvalue weighted by molar-refractivity contribution is 14.1. The SMILES string of the molecule is COc1cc(OC)c(C[C@H](CI)c2ccc(OC)c(OC)c2)c(OC)c1. The van der Waals surface area contributed by atoms with E-state index in [2.05, 4.69) is 28.7 Å². The summed E-state index contributed by atoms with van der Waals surface area (Å²) in [4.78, 5) is 0. The van der Waals surface area contributed by atoms with Gasteiger partial charge < -0.3 is 23.7 Å². The van der Waals surface area contributed by atoms with Gasteiger partial charge in [0.1, 0.15) is 17.2 Å². The van der Waals surface area contributed by atoms with Crippen LogP contribution in [0.3, 0.4) is 0 Å². The van der Waals surface area contributed by atoms with Crippen molar-refractivity contribution in [1.29, 1.82) is 0 Å². The first-order valence-electron chi connectivity index (χ1n) is 8.18. The summed E-state index contributed by atoms with van der Waals surface area (Å²) >= 11 is 2.40. The highest BCUT2D eigenvalue weighted by Gasteiger charge is 2.20. The van der Waals surface area contributed by atoms with Gasteiger partial charge in [0.25, 0.3) is 0 Å². The fourth-order valence-electron chi connectivity index (χ4n) is 2.89. The summed E-state index contributed by atoms with van der Waals surface area (Å²) in [7, 11) is 8.24. The lowest BCUT2D eigenvalue weighted by molar-refractivity contribution is 0.354. The van der Waals surface area contributed by atoms with Gasteiger partial charge in [-0.3, -0.25) is 0 Å². The largest absolute Gasteiger partial charge is 0.496 e. The minimum absolute atomic E-state index is 0.270. The van der Waals surface area contributed by atoms with E-state index in [0.717, 1.165) is 39.4 Å². The summed E-state index contributed by atoms with van der Waals surface area (Å²) in [6.45, 7) is 0. The van der Waals surface area contributed by atoms with Crippen molar-refractivity contribution < 1.29 is 23.7 Å². The minimum atomic E-state index is 0.270. The molecule has 2 rings (SSSR count). The Hall–Kier alpha value is -1.83. The predicted molar refractivity (Wildman–Crippen MR) is 111 cm³/mol. The molecule has 1 atom stereocenters. The van der Waals surface area contributed by atoms with Crippen molar-refractivity contribution in [2.45, 2.75) is 12.3 Å². The summed E-state index contributed by atoms with van der Waals surface area (Å²) in [6.07, 6.45) is 0.773. The predicted octanol–water partition coefficient (Wildman–Crippen LogP) is 4.49. The topological polar surface area (TPSA) is 46.2 Å². The number of alkyl halides is 1. The molecular weight excluding hydrogens is 447 g/mol. The molecule has 0 saturated carbocycles. The number of benzene rings is 2. The fraction of sp³-hybridized carbons (Fsp3) is 0.400. The van der Waals surface area contributed by atoms with Crippen LogP contribution in [0.2, 0.25) is 0 Å². The fourth-order valence-corrected chi connectivity index (χ4v) is 3.71. The van der Waals surface area contributed by atoms with Crippen molar-refractivity contribution >= 4 is 22.6 Å². The maximum Gasteiger partial charge on any atom is 0.160 e. The molecule has 0 radical (unpaired) electrons. The highest BCUT2D eigenvalue weighted by Crippen LogP contribution is 2.39. The number of hydrogen-bond acceptors (Lipinski definition) is 5. The Kier molecular flexibility index (Phi) is 7.68. The average Bonchev–Trinajstić information content (AvgIpc) is 2.70. The Labute approximate surface area is 168 Å². The zero-order valence-electron chi connectivity index (χ0n) is 15.8. The molecule has 26 heavy (non-hydrogen) atoms. The van der Waals surface area contributed by atoms with Crippen LogP contribution in [0.5, 0.6) is 28.7 Å². The molecule has 0 amide bonds. The standard InChI is InChI=1S/C20H25IO5/c1-22-15-10-18(24-3)16(19(11-15)25-4)8-14(12-21)13-6-7-17(23-2)20(9-13)26-5/h6-7,9-11,14H,8,12H2,1-5H3/t14-/m1/s1. The minimum Gasteiger partial charge on any atom is -0.496 e. The van der Waals surface area contributed by atoms with E-state index in [-0.39, 0.29) is 5.92 Å². The van der Waals surface area contributed by atoms with Gasteiger partial charge in [-0.15, -0.1) is 0 Å². The van der Waals surface area contributed by atoms with Crippen LogP contribution in [0.15, 0.2) is 30.3 Å². The van der Waals surface area contributed by atoms with Gasteiger partial charge in [-0.05, 0) is 30.0 Å². The van der Waals surface area contributed by atoms with Crippen molar-refractivity contribution in [3.05, 3.63) is 41.5 Å². The highest BCUT2D eigenvalue weighted by atomic mass is 127. The van der Waals surface area contributed by atoms with Crippen LogP contribution in [0.4, 0.5) is 0 Å². The number of halogens is 1. The third-order valence-electron chi connectivity index (χ3n) is 4.33. The summed E-state index contributed by atoms with van der Waals surface area (Å²) in [5, 5.41) is 0. The third-order valence-corrected chi connectivity index (χ3v) is 5.40. The lowest BCUT2D eigenvalue weighted by atomic mass is 9.92. The summed E-state index contributed by atoms with van der Waals surface area (Å²) in [5.41, 5.74) is 2.20. The lowest BCUT2D eigenvalue weighted by Gasteiger charge is -2.21. The van der Waals surface area contributed by atoms with Crippen LogP contribution in [-0.4, -0.2) is 40.0 Å². The molecule has 0 N–H and O–H groups in total. The van der Waals surface area contributed by atoms with E-state index < -0.39 is 0 Å². The Bertz CT molecular complexity index is 707. The van der Waals surface area contributed by atoms with Crippen LogP contribution >= 0.6 is 22.6 Å². The summed E-state index contributed by atoms with van der Waals surface area (Å²) < 4.78 is 28.2. The molecule has 2 aromatic carbocycles. The van der Waals surface area contributed by atoms with Crippen molar-refractivity contribution in [2.24, 2.45) is 0 Å². The first kappa shape index (κ1) is 20.5. The van der Waals surface area contributed by atoms with E-state index in [9.17, 15) is 0 Å². The summed E-state index contributed by atoms with van der Waals surface area (Å²) in [6, 6.07) is 9.82. The van der Waals surface area contributed by atoms with Gasteiger partial charge >= 0.3 is 0 Å². The Balaban J connectivity index is 2.41. The van der Waals surface area contributed by atoms with E-state index in [1.54, 1.807) is 35.5 Å². The Morgan fingerprint density at radius 3 is 1.77 bits per heavy atom. The van der Waals surface area contributed by atoms with Gasteiger partial charge in [-0.25, -0.2) is 0 Å². The van der Waals surface area contributed by atoms with Crippen LogP contribution in [0.25, 0.3) is 0 Å². The van der Waals surface area contributed by atoms with E-state index in [4.69, 9.17) is 23.7 Å². The molecule has 0 saturated heterocycles. The van der Waals surface area contributed by atoms with Gasteiger partial charge in [-0.2, -0.15) is 0 Å². The molecule has 0 aliphatic carbocycles. The second kappa shape index (κ2) is 9.75. The molecule has 0 heterocycles. The van der Waals surface area contributed by atoms with Crippen LogP contribution < -0.4 is 23.7 Å². The normalized spacial score (nSPS) is 11.6. The van der Waals surface area contributed by atoms with Crippen LogP contribution in [0.1, 0.15) is 17.0 Å². The first-order valence-corrected chi connectivity index (χ1v) is 9.71. The molecule has 0 fully saturated rings. The quantitative estimate of drug-likeness (QED) is 0.398. The van der Waals surface area contributed by atoms with E-state index >= 15 is 0 Å². The molecule has 2 aromatic rings. The number of methoxy groups -OCH3 is 5. The third kappa shape index (κ3) is 4.47. The lowest BCUT2D eigenvalue weighted by Crippen LogP contribution is -2.08. The van der Waals surface area contributed by atoms with Crippen molar-refractivity contribution in [3.63, 3.8) is 0 Å². The van der Waals surface area contributed by atoms with Crippen molar-refractivity contribution in [1.82, 2.24) is 0 Å². The van der Waals surface area contributed by atoms with E-state index in [1.807, 2.05) is 24.3 Å². The maximum absolute atomic E-state index is 5.59. The molecule has 142 valence electrons. The molecule has 6 heteroatoms. The second-order valence-corrected chi connectivity index (χ2v) is 6.56. The van der Waals surface area contributed by atoms with Crippen LogP contribution in [-0.2, 0) is 6.42 Å². The smallest absolute Gasteiger partial charge is 0.160 e. The Morgan fingerprint density at radius 2 is 1.31 bits per heavy atom. The molecule has 0 bridgehead atoms. The zero-order chi connectivity index (χ0) is 19.1. The molecular formula is C20H25IO5. The van der Waals surface area contributed by atoms with Crippen molar-refractivity contribution in [2.75, 3.05) is 40.0 Å². The molecule has 0 unspecified atom stereocenters. The molecule has 0 aromatic heterocycles. The molecule has 0 aliphatic rings. The maximum atomic E-state index is 5.59. The number of hydrogen-bond donors (Lipinski definition) is 0. The molecule has 0 aliphatic heterocycles. The summed E-state index contributed by atoms with van der Waals surface area (Å²) in [5.74, 6) is 3.95.